The second kappa shape index (κ2) is 5.32. The highest BCUT2D eigenvalue weighted by Crippen LogP contribution is 2.26. The maximum atomic E-state index is 11.5. The second-order valence-corrected chi connectivity index (χ2v) is 3.60. The van der Waals surface area contributed by atoms with E-state index in [2.05, 4.69) is 10.9 Å². The lowest BCUT2D eigenvalue weighted by Crippen LogP contribution is -2.34. The lowest BCUT2D eigenvalue weighted by atomic mass is 10.1. The highest BCUT2D eigenvalue weighted by atomic mass is 35.5. The van der Waals surface area contributed by atoms with Crippen molar-refractivity contribution in [1.29, 1.82) is 0 Å². The standard InChI is InChI=1S/C9H10Cl2N2O2/c1-12-13-9(15)6-3-8(11)7(10)2-5(6)4-14/h2-3,12,14H,4H2,1H3,(H,13,15). The summed E-state index contributed by atoms with van der Waals surface area (Å²) < 4.78 is 0. The molecule has 0 radical (unpaired) electrons. The van der Waals surface area contributed by atoms with Crippen molar-refractivity contribution in [2.24, 2.45) is 0 Å². The number of rotatable bonds is 3. The number of carbonyl (C=O) groups excluding carboxylic acids is 1. The van der Waals surface area contributed by atoms with E-state index in [4.69, 9.17) is 28.3 Å². The summed E-state index contributed by atoms with van der Waals surface area (Å²) in [4.78, 5) is 11.5. The Morgan fingerprint density at radius 2 is 2.00 bits per heavy atom. The Labute approximate surface area is 97.2 Å². The molecule has 3 N–H and O–H groups in total. The maximum Gasteiger partial charge on any atom is 0.265 e. The zero-order chi connectivity index (χ0) is 11.4. The van der Waals surface area contributed by atoms with Crippen LogP contribution >= 0.6 is 23.2 Å². The minimum Gasteiger partial charge on any atom is -0.392 e. The van der Waals surface area contributed by atoms with Crippen LogP contribution in [0.15, 0.2) is 12.1 Å². The van der Waals surface area contributed by atoms with Crippen molar-refractivity contribution in [3.05, 3.63) is 33.3 Å². The van der Waals surface area contributed by atoms with Crippen molar-refractivity contribution >= 4 is 29.1 Å². The van der Waals surface area contributed by atoms with Crippen molar-refractivity contribution in [2.45, 2.75) is 6.61 Å². The van der Waals surface area contributed by atoms with E-state index in [1.807, 2.05) is 0 Å². The SMILES string of the molecule is CNNC(=O)c1cc(Cl)c(Cl)cc1CO. The molecule has 0 aliphatic carbocycles. The van der Waals surface area contributed by atoms with Crippen molar-refractivity contribution in [3.63, 3.8) is 0 Å². The Kier molecular flexibility index (Phi) is 4.35. The van der Waals surface area contributed by atoms with Crippen LogP contribution in [0.4, 0.5) is 0 Å². The van der Waals surface area contributed by atoms with Gasteiger partial charge in [0.2, 0.25) is 0 Å². The quantitative estimate of drug-likeness (QED) is 0.708. The van der Waals surface area contributed by atoms with Gasteiger partial charge in [-0.3, -0.25) is 10.2 Å². The molecule has 0 unspecified atom stereocenters. The molecule has 1 aromatic rings. The smallest absolute Gasteiger partial charge is 0.265 e. The number of carbonyl (C=O) groups is 1. The van der Waals surface area contributed by atoms with Crippen LogP contribution in [0.1, 0.15) is 15.9 Å². The number of aliphatic hydroxyl groups is 1. The van der Waals surface area contributed by atoms with E-state index in [-0.39, 0.29) is 17.5 Å². The molecule has 0 atom stereocenters. The number of nitrogens with one attached hydrogen (secondary N) is 2. The molecule has 0 bridgehead atoms. The van der Waals surface area contributed by atoms with Crippen molar-refractivity contribution < 1.29 is 9.90 Å². The first kappa shape index (κ1) is 12.3. The molecule has 1 rings (SSSR count). The number of hydrazine groups is 1. The monoisotopic (exact) mass is 248 g/mol. The van der Waals surface area contributed by atoms with Crippen LogP contribution in [-0.4, -0.2) is 18.1 Å². The molecule has 0 saturated carbocycles. The van der Waals surface area contributed by atoms with Gasteiger partial charge in [-0.25, -0.2) is 5.43 Å². The summed E-state index contributed by atoms with van der Waals surface area (Å²) in [7, 11) is 1.56. The van der Waals surface area contributed by atoms with Crippen LogP contribution in [0.2, 0.25) is 10.0 Å². The number of benzene rings is 1. The third-order valence-corrected chi connectivity index (χ3v) is 2.52. The summed E-state index contributed by atoms with van der Waals surface area (Å²) >= 11 is 11.5. The third kappa shape index (κ3) is 2.82. The minimum atomic E-state index is -0.375. The van der Waals surface area contributed by atoms with Crippen molar-refractivity contribution in [2.75, 3.05) is 7.05 Å². The van der Waals surface area contributed by atoms with Crippen LogP contribution in [-0.2, 0) is 6.61 Å². The number of aliphatic hydroxyl groups excluding tert-OH is 1. The number of halogens is 2. The molecule has 0 heterocycles. The molecular formula is C9H10Cl2N2O2. The Morgan fingerprint density at radius 1 is 1.40 bits per heavy atom. The van der Waals surface area contributed by atoms with E-state index >= 15 is 0 Å². The van der Waals surface area contributed by atoms with E-state index in [0.29, 0.717) is 16.1 Å². The van der Waals surface area contributed by atoms with Gasteiger partial charge in [0.25, 0.3) is 5.91 Å². The largest absolute Gasteiger partial charge is 0.392 e. The summed E-state index contributed by atoms with van der Waals surface area (Å²) in [5, 5.41) is 9.63. The molecule has 0 aromatic heterocycles. The first-order valence-corrected chi connectivity index (χ1v) is 4.91. The second-order valence-electron chi connectivity index (χ2n) is 2.79. The highest BCUT2D eigenvalue weighted by molar-refractivity contribution is 6.42. The van der Waals surface area contributed by atoms with Gasteiger partial charge >= 0.3 is 0 Å². The molecule has 0 aliphatic heterocycles. The van der Waals surface area contributed by atoms with Crippen LogP contribution < -0.4 is 10.9 Å². The van der Waals surface area contributed by atoms with Gasteiger partial charge in [-0.05, 0) is 17.7 Å². The van der Waals surface area contributed by atoms with Crippen LogP contribution in [0.5, 0.6) is 0 Å². The average Bonchev–Trinajstić information content (AvgIpc) is 2.21. The van der Waals surface area contributed by atoms with Gasteiger partial charge < -0.3 is 5.11 Å². The first-order valence-electron chi connectivity index (χ1n) is 4.16. The molecular weight excluding hydrogens is 239 g/mol. The summed E-state index contributed by atoms with van der Waals surface area (Å²) in [6.45, 7) is -0.274. The molecule has 1 amide bonds. The van der Waals surface area contributed by atoms with E-state index in [1.54, 1.807) is 7.05 Å². The van der Waals surface area contributed by atoms with Gasteiger partial charge in [0.05, 0.1) is 16.7 Å². The van der Waals surface area contributed by atoms with E-state index in [9.17, 15) is 4.79 Å². The topological polar surface area (TPSA) is 61.4 Å². The number of hydrogen-bond donors (Lipinski definition) is 3. The maximum absolute atomic E-state index is 11.5. The third-order valence-electron chi connectivity index (χ3n) is 1.80. The van der Waals surface area contributed by atoms with Crippen LogP contribution in [0, 0.1) is 0 Å². The fourth-order valence-corrected chi connectivity index (χ4v) is 1.46. The molecule has 0 aliphatic rings. The molecule has 1 aromatic carbocycles. The Bertz CT molecular complexity index is 383. The van der Waals surface area contributed by atoms with E-state index in [1.165, 1.54) is 12.1 Å². The summed E-state index contributed by atoms with van der Waals surface area (Å²) in [5.41, 5.74) is 5.60. The predicted octanol–water partition coefficient (Wildman–Crippen LogP) is 1.35. The number of amides is 1. The van der Waals surface area contributed by atoms with E-state index < -0.39 is 0 Å². The summed E-state index contributed by atoms with van der Waals surface area (Å²) in [5.74, 6) is -0.375. The molecule has 6 heteroatoms. The minimum absolute atomic E-state index is 0.273. The molecule has 0 fully saturated rings. The molecule has 0 saturated heterocycles. The molecule has 4 nitrogen and oxygen atoms in total. The lowest BCUT2D eigenvalue weighted by Gasteiger charge is -2.09. The lowest BCUT2D eigenvalue weighted by molar-refractivity contribution is 0.0935. The normalized spacial score (nSPS) is 10.1. The Morgan fingerprint density at radius 3 is 2.53 bits per heavy atom. The highest BCUT2D eigenvalue weighted by Gasteiger charge is 2.13. The van der Waals surface area contributed by atoms with Gasteiger partial charge in [-0.15, -0.1) is 0 Å². The first-order chi connectivity index (χ1) is 7.10. The van der Waals surface area contributed by atoms with Crippen LogP contribution in [0.25, 0.3) is 0 Å². The zero-order valence-electron chi connectivity index (χ0n) is 7.97. The fourth-order valence-electron chi connectivity index (χ4n) is 1.11. The van der Waals surface area contributed by atoms with Gasteiger partial charge in [0.15, 0.2) is 0 Å². The zero-order valence-corrected chi connectivity index (χ0v) is 9.49. The van der Waals surface area contributed by atoms with Crippen molar-refractivity contribution in [3.8, 4) is 0 Å². The van der Waals surface area contributed by atoms with Gasteiger partial charge in [0.1, 0.15) is 0 Å². The Hall–Kier alpha value is -0.810. The predicted molar refractivity (Wildman–Crippen MR) is 58.9 cm³/mol. The van der Waals surface area contributed by atoms with E-state index in [0.717, 1.165) is 0 Å². The number of hydrogen-bond acceptors (Lipinski definition) is 3. The summed E-state index contributed by atoms with van der Waals surface area (Å²) in [6, 6.07) is 2.89. The van der Waals surface area contributed by atoms with Gasteiger partial charge in [0, 0.05) is 12.6 Å². The molecule has 82 valence electrons. The molecule has 15 heavy (non-hydrogen) atoms. The van der Waals surface area contributed by atoms with Gasteiger partial charge in [-0.2, -0.15) is 0 Å². The molecule has 0 spiro atoms. The van der Waals surface area contributed by atoms with Gasteiger partial charge in [-0.1, -0.05) is 23.2 Å². The van der Waals surface area contributed by atoms with Crippen LogP contribution in [0.3, 0.4) is 0 Å². The Balaban J connectivity index is 3.15. The van der Waals surface area contributed by atoms with Crippen molar-refractivity contribution in [1.82, 2.24) is 10.9 Å². The fraction of sp³-hybridized carbons (Fsp3) is 0.222. The average molecular weight is 249 g/mol. The summed E-state index contributed by atoms with van der Waals surface area (Å²) in [6.07, 6.45) is 0.